The Morgan fingerprint density at radius 1 is 0.537 bits per heavy atom. The van der Waals surface area contributed by atoms with E-state index < -0.39 is 0 Å². The summed E-state index contributed by atoms with van der Waals surface area (Å²) < 4.78 is 9.39. The summed E-state index contributed by atoms with van der Waals surface area (Å²) in [6.45, 7) is 15.9. The quantitative estimate of drug-likeness (QED) is 0.121. The number of para-hydroxylation sites is 4. The number of benzene rings is 4. The van der Waals surface area contributed by atoms with Gasteiger partial charge in [0.25, 0.3) is 0 Å². The number of hydrogen-bond donors (Lipinski definition) is 0. The molecule has 4 heteroatoms. The second-order valence-corrected chi connectivity index (χ2v) is 15.3. The third-order valence-corrected chi connectivity index (χ3v) is 12.3. The van der Waals surface area contributed by atoms with Crippen LogP contribution in [-0.2, 0) is 21.1 Å². The highest BCUT2D eigenvalue weighted by Crippen LogP contribution is 2.45. The maximum atomic E-state index is 2.41. The lowest BCUT2D eigenvalue weighted by Crippen LogP contribution is -2.06. The van der Waals surface area contributed by atoms with Crippen molar-refractivity contribution in [1.82, 2.24) is 13.7 Å². The normalized spacial score (nSPS) is 14.6. The van der Waals surface area contributed by atoms with Crippen molar-refractivity contribution in [3.63, 3.8) is 0 Å². The predicted octanol–water partition coefficient (Wildman–Crippen LogP) is 12.2. The molecule has 0 atom stereocenters. The summed E-state index contributed by atoms with van der Waals surface area (Å²) in [6.07, 6.45) is 4.82. The van der Waals surface area contributed by atoms with Gasteiger partial charge in [0.1, 0.15) is 7.05 Å². The van der Waals surface area contributed by atoms with Gasteiger partial charge in [-0.3, -0.25) is 0 Å². The van der Waals surface area contributed by atoms with E-state index in [9.17, 15) is 0 Å². The van der Waals surface area contributed by atoms with Gasteiger partial charge < -0.3 is 13.7 Å². The minimum absolute atomic E-state index is 1.21. The zero-order valence-corrected chi connectivity index (χ0v) is 33.7. The molecule has 1 aliphatic rings. The Labute approximate surface area is 320 Å². The van der Waals surface area contributed by atoms with E-state index in [4.69, 9.17) is 0 Å². The summed E-state index contributed by atoms with van der Waals surface area (Å²) in [5.74, 6) is 0. The Bertz CT molecular complexity index is 2780. The molecule has 0 saturated carbocycles. The molecule has 54 heavy (non-hydrogen) atoms. The molecule has 4 heterocycles. The molecule has 270 valence electrons. The first kappa shape index (κ1) is 35.2. The Balaban J connectivity index is 1.41. The van der Waals surface area contributed by atoms with Gasteiger partial charge in [-0.1, -0.05) is 84.5 Å². The van der Waals surface area contributed by atoms with E-state index in [-0.39, 0.29) is 0 Å². The van der Waals surface area contributed by atoms with Crippen LogP contribution in [0.1, 0.15) is 67.0 Å². The van der Waals surface area contributed by atoms with Crippen LogP contribution in [0.2, 0.25) is 0 Å². The number of rotatable bonds is 6. The van der Waals surface area contributed by atoms with Crippen molar-refractivity contribution < 1.29 is 4.58 Å². The Morgan fingerprint density at radius 3 is 1.48 bits per heavy atom. The van der Waals surface area contributed by atoms with Crippen LogP contribution in [0, 0.1) is 20.8 Å². The Kier molecular flexibility index (Phi) is 8.61. The summed E-state index contributed by atoms with van der Waals surface area (Å²) >= 11 is 0. The standard InChI is InChI=1S/C50H51N4/c1-30(28-31(2)45(47-33(4)51(8)41-24-16-12-20-37(41)47)48-34(5)52(9)42-25-17-13-21-38(42)48)29-32(3)46(49-35(6)53(10)43-26-18-14-22-39(43)49)50-36(7)54(11)44-27-19-15-23-40(44)50/h12-29H,1-11H3/q+1. The number of hydrogen-bond acceptors (Lipinski definition) is 0. The molecule has 4 aromatic carbocycles. The highest BCUT2D eigenvalue weighted by atomic mass is 15.0. The first-order valence-corrected chi connectivity index (χ1v) is 19.0. The van der Waals surface area contributed by atoms with E-state index in [1.54, 1.807) is 0 Å². The minimum Gasteiger partial charge on any atom is -0.347 e. The molecule has 7 aromatic rings. The van der Waals surface area contributed by atoms with Crippen LogP contribution in [-0.4, -0.2) is 31.0 Å². The third-order valence-electron chi connectivity index (χ3n) is 12.3. The van der Waals surface area contributed by atoms with Crippen LogP contribution in [0.5, 0.6) is 0 Å². The number of fused-ring (bicyclic) bond motifs is 4. The molecular weight excluding hydrogens is 657 g/mol. The van der Waals surface area contributed by atoms with E-state index in [1.165, 1.54) is 117 Å². The maximum Gasteiger partial charge on any atom is 0.213 e. The van der Waals surface area contributed by atoms with E-state index in [0.717, 1.165) is 0 Å². The van der Waals surface area contributed by atoms with E-state index in [0.29, 0.717) is 0 Å². The molecule has 0 spiro atoms. The summed E-state index contributed by atoms with van der Waals surface area (Å²) in [4.78, 5) is 0. The van der Waals surface area contributed by atoms with Gasteiger partial charge in [-0.2, -0.15) is 4.58 Å². The molecule has 0 saturated heterocycles. The third kappa shape index (κ3) is 5.22. The van der Waals surface area contributed by atoms with Gasteiger partial charge in [0.2, 0.25) is 5.69 Å². The zero-order valence-electron chi connectivity index (χ0n) is 33.7. The van der Waals surface area contributed by atoms with Crippen molar-refractivity contribution in [2.45, 2.75) is 48.5 Å². The van der Waals surface area contributed by atoms with Gasteiger partial charge in [-0.05, 0) is 82.5 Å². The lowest BCUT2D eigenvalue weighted by Gasteiger charge is -2.16. The smallest absolute Gasteiger partial charge is 0.213 e. The highest BCUT2D eigenvalue weighted by molar-refractivity contribution is 6.33. The van der Waals surface area contributed by atoms with Crippen LogP contribution >= 0.6 is 0 Å². The van der Waals surface area contributed by atoms with Gasteiger partial charge >= 0.3 is 0 Å². The van der Waals surface area contributed by atoms with E-state index in [1.807, 2.05) is 0 Å². The fraction of sp³-hybridized carbons (Fsp3) is 0.220. The second kappa shape index (κ2) is 13.2. The fourth-order valence-corrected chi connectivity index (χ4v) is 9.25. The lowest BCUT2D eigenvalue weighted by molar-refractivity contribution is -0.401. The van der Waals surface area contributed by atoms with Crippen LogP contribution in [0.25, 0.3) is 49.4 Å². The van der Waals surface area contributed by atoms with Crippen molar-refractivity contribution in [3.8, 4) is 0 Å². The molecule has 3 aromatic heterocycles. The first-order chi connectivity index (χ1) is 25.9. The highest BCUT2D eigenvalue weighted by Gasteiger charge is 2.34. The number of aryl methyl sites for hydroxylation is 3. The largest absolute Gasteiger partial charge is 0.347 e. The van der Waals surface area contributed by atoms with Crippen molar-refractivity contribution >= 4 is 60.8 Å². The van der Waals surface area contributed by atoms with Crippen molar-refractivity contribution in [3.05, 3.63) is 165 Å². The number of aromatic nitrogens is 3. The van der Waals surface area contributed by atoms with Crippen molar-refractivity contribution in [2.24, 2.45) is 21.1 Å². The summed E-state index contributed by atoms with van der Waals surface area (Å²) in [5, 5.41) is 3.85. The lowest BCUT2D eigenvalue weighted by atomic mass is 9.86. The molecule has 0 aliphatic carbocycles. The molecule has 0 N–H and O–H groups in total. The fourth-order valence-electron chi connectivity index (χ4n) is 9.25. The molecule has 0 amide bonds. The molecular formula is C50H51N4+. The average molecular weight is 708 g/mol. The Morgan fingerprint density at radius 2 is 0.963 bits per heavy atom. The topological polar surface area (TPSA) is 17.8 Å². The zero-order chi connectivity index (χ0) is 38.2. The van der Waals surface area contributed by atoms with Gasteiger partial charge in [-0.15, -0.1) is 0 Å². The molecule has 1 aliphatic heterocycles. The van der Waals surface area contributed by atoms with Crippen LogP contribution in [0.3, 0.4) is 0 Å². The van der Waals surface area contributed by atoms with Crippen LogP contribution < -0.4 is 0 Å². The second-order valence-electron chi connectivity index (χ2n) is 15.3. The SMILES string of the molecule is CC(/C=C(C)/C=C(\C)C(=C1C(C)=[N+](C)c2ccccc21)c1c(C)n(C)c2ccccc12)=C(c1c(C)n(C)c2ccccc12)c1c(C)n(C)c2ccccc12. The molecule has 4 nitrogen and oxygen atoms in total. The van der Waals surface area contributed by atoms with Gasteiger partial charge in [-0.25, -0.2) is 0 Å². The minimum atomic E-state index is 1.21. The number of nitrogens with zero attached hydrogens (tertiary/aromatic N) is 4. The summed E-state index contributed by atoms with van der Waals surface area (Å²) in [5.41, 5.74) is 22.9. The van der Waals surface area contributed by atoms with Crippen LogP contribution in [0.15, 0.2) is 126 Å². The molecule has 0 unspecified atom stereocenters. The van der Waals surface area contributed by atoms with Gasteiger partial charge in [0, 0.05) is 106 Å². The van der Waals surface area contributed by atoms with Crippen LogP contribution in [0.4, 0.5) is 5.69 Å². The summed E-state index contributed by atoms with van der Waals surface area (Å²) in [6, 6.07) is 35.4. The summed E-state index contributed by atoms with van der Waals surface area (Å²) in [7, 11) is 8.77. The number of allylic oxidation sites excluding steroid dienone is 7. The Hall–Kier alpha value is -5.87. The monoisotopic (exact) mass is 707 g/mol. The van der Waals surface area contributed by atoms with Crippen molar-refractivity contribution in [1.29, 1.82) is 0 Å². The van der Waals surface area contributed by atoms with E-state index in [2.05, 4.69) is 204 Å². The molecule has 8 rings (SSSR count). The van der Waals surface area contributed by atoms with Crippen molar-refractivity contribution in [2.75, 3.05) is 7.05 Å². The molecule has 0 fully saturated rings. The average Bonchev–Trinajstić information content (AvgIpc) is 3.77. The molecule has 0 bridgehead atoms. The first-order valence-electron chi connectivity index (χ1n) is 19.0. The van der Waals surface area contributed by atoms with E-state index >= 15 is 0 Å². The molecule has 0 radical (unpaired) electrons. The predicted molar refractivity (Wildman–Crippen MR) is 232 cm³/mol. The van der Waals surface area contributed by atoms with Gasteiger partial charge in [0.05, 0.1) is 11.1 Å². The maximum absolute atomic E-state index is 2.41. The van der Waals surface area contributed by atoms with Gasteiger partial charge in [0.15, 0.2) is 5.71 Å².